The van der Waals surface area contributed by atoms with Crippen molar-refractivity contribution >= 4 is 25.8 Å². The zero-order chi connectivity index (χ0) is 23.6. The second kappa shape index (κ2) is 9.57. The minimum absolute atomic E-state index is 0.00428. The molecule has 180 valence electrons. The fourth-order valence-electron chi connectivity index (χ4n) is 4.31. The van der Waals surface area contributed by atoms with Crippen LogP contribution in [0, 0.1) is 6.92 Å². The molecule has 2 fully saturated rings. The maximum absolute atomic E-state index is 13.3. The maximum atomic E-state index is 13.3. The van der Waals surface area contributed by atoms with Gasteiger partial charge in [0.1, 0.15) is 5.76 Å². The van der Waals surface area contributed by atoms with Crippen molar-refractivity contribution in [3.05, 3.63) is 54.0 Å². The first-order valence-corrected chi connectivity index (χ1v) is 14.2. The molecule has 1 aromatic heterocycles. The Morgan fingerprint density at radius 2 is 1.82 bits per heavy atom. The van der Waals surface area contributed by atoms with Gasteiger partial charge >= 0.3 is 0 Å². The number of carbonyl (C=O) groups is 1. The molecule has 33 heavy (non-hydrogen) atoms. The summed E-state index contributed by atoms with van der Waals surface area (Å²) in [7, 11) is -6.88. The summed E-state index contributed by atoms with van der Waals surface area (Å²) in [6.07, 6.45) is 2.10. The van der Waals surface area contributed by atoms with Crippen LogP contribution in [0.5, 0.6) is 0 Å². The van der Waals surface area contributed by atoms with Gasteiger partial charge in [-0.05, 0) is 37.6 Å². The Morgan fingerprint density at radius 1 is 1.12 bits per heavy atom. The fraction of sp³-hybridized carbons (Fsp3) is 0.500. The van der Waals surface area contributed by atoms with E-state index in [4.69, 9.17) is 4.42 Å². The summed E-state index contributed by atoms with van der Waals surface area (Å²) >= 11 is 0. The normalized spacial score (nSPS) is 21.5. The van der Waals surface area contributed by atoms with E-state index in [9.17, 15) is 21.6 Å². The minimum Gasteiger partial charge on any atom is -0.468 e. The second-order valence-electron chi connectivity index (χ2n) is 8.64. The molecule has 0 unspecified atom stereocenters. The highest BCUT2D eigenvalue weighted by Crippen LogP contribution is 2.21. The van der Waals surface area contributed by atoms with Crippen molar-refractivity contribution in [2.24, 2.45) is 0 Å². The third kappa shape index (κ3) is 5.65. The van der Waals surface area contributed by atoms with Gasteiger partial charge in [0.05, 0.1) is 35.8 Å². The standard InChI is InChI=1S/C22H29N3O6S2/c1-18-4-6-21(7-5-18)33(29,30)25(15-20-3-2-13-31-20)16-22(26)24-11-9-23(10-12-24)19-8-14-32(27,28)17-19/h2-7,13,19H,8-12,14-17H2,1H3/t19-/m1/s1. The molecule has 0 aliphatic carbocycles. The molecule has 0 spiro atoms. The van der Waals surface area contributed by atoms with Crippen LogP contribution in [0.2, 0.25) is 0 Å². The number of rotatable bonds is 7. The van der Waals surface area contributed by atoms with Gasteiger partial charge in [0.2, 0.25) is 15.9 Å². The molecule has 2 saturated heterocycles. The lowest BCUT2D eigenvalue weighted by molar-refractivity contribution is -0.133. The Balaban J connectivity index is 1.44. The SMILES string of the molecule is Cc1ccc(S(=O)(=O)N(CC(=O)N2CCN([C@@H]3CCS(=O)(=O)C3)CC2)Cc2ccco2)cc1. The van der Waals surface area contributed by atoms with E-state index in [2.05, 4.69) is 4.90 Å². The largest absolute Gasteiger partial charge is 0.468 e. The van der Waals surface area contributed by atoms with Gasteiger partial charge in [-0.3, -0.25) is 9.69 Å². The van der Waals surface area contributed by atoms with Gasteiger partial charge in [0, 0.05) is 32.2 Å². The second-order valence-corrected chi connectivity index (χ2v) is 12.8. The number of hydrogen-bond acceptors (Lipinski definition) is 7. The molecule has 1 amide bonds. The van der Waals surface area contributed by atoms with Gasteiger partial charge in [-0.15, -0.1) is 0 Å². The van der Waals surface area contributed by atoms with Gasteiger partial charge in [0.25, 0.3) is 0 Å². The summed E-state index contributed by atoms with van der Waals surface area (Å²) in [5, 5.41) is 0. The van der Waals surface area contributed by atoms with Crippen LogP contribution >= 0.6 is 0 Å². The smallest absolute Gasteiger partial charge is 0.243 e. The minimum atomic E-state index is -3.92. The molecule has 9 nitrogen and oxygen atoms in total. The number of piperazine rings is 1. The quantitative estimate of drug-likeness (QED) is 0.566. The molecule has 1 aromatic carbocycles. The number of furan rings is 1. The number of carbonyl (C=O) groups excluding carboxylic acids is 1. The molecule has 11 heteroatoms. The molecule has 3 heterocycles. The fourth-order valence-corrected chi connectivity index (χ4v) is 7.43. The lowest BCUT2D eigenvalue weighted by Gasteiger charge is -2.38. The number of sulfone groups is 1. The summed E-state index contributed by atoms with van der Waals surface area (Å²) in [5.74, 6) is 0.559. The summed E-state index contributed by atoms with van der Waals surface area (Å²) in [6.45, 7) is 3.57. The number of hydrogen-bond donors (Lipinski definition) is 0. The first-order chi connectivity index (χ1) is 15.6. The molecule has 4 rings (SSSR count). The van der Waals surface area contributed by atoms with Crippen molar-refractivity contribution in [3.63, 3.8) is 0 Å². The summed E-state index contributed by atoms with van der Waals surface area (Å²) in [5.41, 5.74) is 0.940. The van der Waals surface area contributed by atoms with Gasteiger partial charge in [-0.25, -0.2) is 16.8 Å². The van der Waals surface area contributed by atoms with Gasteiger partial charge in [0.15, 0.2) is 9.84 Å². The number of benzene rings is 1. The van der Waals surface area contributed by atoms with Crippen LogP contribution in [0.1, 0.15) is 17.7 Å². The highest BCUT2D eigenvalue weighted by atomic mass is 32.2. The number of sulfonamides is 1. The van der Waals surface area contributed by atoms with Crippen molar-refractivity contribution in [1.29, 1.82) is 0 Å². The molecule has 2 aromatic rings. The first kappa shape index (κ1) is 23.9. The molecule has 2 aliphatic rings. The van der Waals surface area contributed by atoms with E-state index in [1.165, 1.54) is 6.26 Å². The number of aryl methyl sites for hydroxylation is 1. The van der Waals surface area contributed by atoms with Crippen molar-refractivity contribution in [3.8, 4) is 0 Å². The Bertz CT molecular complexity index is 1170. The summed E-state index contributed by atoms with van der Waals surface area (Å²) in [4.78, 5) is 17.0. The Hall–Kier alpha value is -2.21. The van der Waals surface area contributed by atoms with E-state index in [1.54, 1.807) is 41.3 Å². The van der Waals surface area contributed by atoms with Crippen LogP contribution in [0.4, 0.5) is 0 Å². The van der Waals surface area contributed by atoms with Crippen molar-refractivity contribution in [1.82, 2.24) is 14.1 Å². The zero-order valence-electron chi connectivity index (χ0n) is 18.6. The van der Waals surface area contributed by atoms with E-state index in [0.29, 0.717) is 38.4 Å². The van der Waals surface area contributed by atoms with Crippen molar-refractivity contribution in [2.75, 3.05) is 44.2 Å². The van der Waals surface area contributed by atoms with Gasteiger partial charge in [-0.2, -0.15) is 4.31 Å². The molecular formula is C22H29N3O6S2. The molecule has 2 aliphatic heterocycles. The van der Waals surface area contributed by atoms with E-state index >= 15 is 0 Å². The number of amides is 1. The summed E-state index contributed by atoms with van der Waals surface area (Å²) < 4.78 is 56.7. The van der Waals surface area contributed by atoms with Crippen LogP contribution in [-0.2, 0) is 31.2 Å². The average Bonchev–Trinajstić information content (AvgIpc) is 3.42. The third-order valence-electron chi connectivity index (χ3n) is 6.27. The Kier molecular flexibility index (Phi) is 6.94. The Labute approximate surface area is 194 Å². The average molecular weight is 496 g/mol. The number of nitrogens with zero attached hydrogens (tertiary/aromatic N) is 3. The zero-order valence-corrected chi connectivity index (χ0v) is 20.2. The molecule has 1 atom stereocenters. The van der Waals surface area contributed by atoms with Crippen LogP contribution in [-0.4, -0.2) is 87.1 Å². The van der Waals surface area contributed by atoms with Crippen LogP contribution in [0.25, 0.3) is 0 Å². The predicted octanol–water partition coefficient (Wildman–Crippen LogP) is 1.11. The summed E-state index contributed by atoms with van der Waals surface area (Å²) in [6, 6.07) is 9.89. The molecule has 0 bridgehead atoms. The highest BCUT2D eigenvalue weighted by Gasteiger charge is 2.35. The van der Waals surface area contributed by atoms with Gasteiger partial charge < -0.3 is 9.32 Å². The lowest BCUT2D eigenvalue weighted by atomic mass is 10.2. The third-order valence-corrected chi connectivity index (χ3v) is 9.83. The molecule has 0 saturated carbocycles. The Morgan fingerprint density at radius 3 is 2.39 bits per heavy atom. The molecule has 0 N–H and O–H groups in total. The van der Waals surface area contributed by atoms with Crippen LogP contribution in [0.3, 0.4) is 0 Å². The van der Waals surface area contributed by atoms with Gasteiger partial charge in [-0.1, -0.05) is 17.7 Å². The maximum Gasteiger partial charge on any atom is 0.243 e. The highest BCUT2D eigenvalue weighted by molar-refractivity contribution is 7.91. The lowest BCUT2D eigenvalue weighted by Crippen LogP contribution is -2.54. The van der Waals surface area contributed by atoms with Crippen LogP contribution in [0.15, 0.2) is 52.0 Å². The van der Waals surface area contributed by atoms with E-state index < -0.39 is 19.9 Å². The van der Waals surface area contributed by atoms with E-state index in [0.717, 1.165) is 9.87 Å². The molecule has 0 radical (unpaired) electrons. The molecular weight excluding hydrogens is 466 g/mol. The topological polar surface area (TPSA) is 108 Å². The van der Waals surface area contributed by atoms with Crippen LogP contribution < -0.4 is 0 Å². The predicted molar refractivity (Wildman–Crippen MR) is 123 cm³/mol. The van der Waals surface area contributed by atoms with Crippen molar-refractivity contribution in [2.45, 2.75) is 30.8 Å². The monoisotopic (exact) mass is 495 g/mol. The van der Waals surface area contributed by atoms with Crippen molar-refractivity contribution < 1.29 is 26.0 Å². The van der Waals surface area contributed by atoms with E-state index in [1.807, 2.05) is 6.92 Å². The van der Waals surface area contributed by atoms with E-state index in [-0.39, 0.29) is 41.4 Å². The first-order valence-electron chi connectivity index (χ1n) is 11.0.